The van der Waals surface area contributed by atoms with Gasteiger partial charge in [-0.2, -0.15) is 0 Å². The number of hydrogen-bond acceptors (Lipinski definition) is 5. The van der Waals surface area contributed by atoms with Crippen LogP contribution in [-0.2, 0) is 22.4 Å². The molecule has 3 saturated heterocycles. The van der Waals surface area contributed by atoms with E-state index in [4.69, 9.17) is 21.3 Å². The van der Waals surface area contributed by atoms with Crippen molar-refractivity contribution in [2.75, 3.05) is 45.9 Å². The molecule has 4 amide bonds. The van der Waals surface area contributed by atoms with Crippen molar-refractivity contribution < 1.29 is 19.1 Å². The van der Waals surface area contributed by atoms with Gasteiger partial charge in [-0.05, 0) is 111 Å². The van der Waals surface area contributed by atoms with E-state index in [0.29, 0.717) is 51.0 Å². The van der Waals surface area contributed by atoms with Crippen LogP contribution < -0.4 is 5.32 Å². The number of halogens is 2. The Labute approximate surface area is 291 Å². The van der Waals surface area contributed by atoms with Gasteiger partial charge in [-0.1, -0.05) is 33.6 Å². The van der Waals surface area contributed by atoms with Gasteiger partial charge >= 0.3 is 12.1 Å². The van der Waals surface area contributed by atoms with Gasteiger partial charge in [0.2, 0.25) is 5.91 Å². The molecule has 1 aromatic heterocycles. The van der Waals surface area contributed by atoms with Crippen LogP contribution in [0, 0.1) is 18.8 Å². The maximum atomic E-state index is 13.5. The van der Waals surface area contributed by atoms with Crippen molar-refractivity contribution in [2.45, 2.75) is 83.6 Å². The van der Waals surface area contributed by atoms with Crippen LogP contribution in [0.25, 0.3) is 0 Å². The number of aryl methyl sites for hydroxylation is 3. The van der Waals surface area contributed by atoms with Crippen LogP contribution in [0.1, 0.15) is 85.7 Å². The summed E-state index contributed by atoms with van der Waals surface area (Å²) in [6.07, 6.45) is 9.18. The Bertz CT molecular complexity index is 1470. The molecule has 6 rings (SSSR count). The molecule has 3 fully saturated rings. The predicted molar refractivity (Wildman–Crippen MR) is 186 cm³/mol. The van der Waals surface area contributed by atoms with Gasteiger partial charge in [0.1, 0.15) is 0 Å². The molecular weight excluding hydrogens is 682 g/mol. The third-order valence-corrected chi connectivity index (χ3v) is 11.5. The quantitative estimate of drug-likeness (QED) is 0.370. The molecule has 47 heavy (non-hydrogen) atoms. The van der Waals surface area contributed by atoms with Gasteiger partial charge in [0.15, 0.2) is 0 Å². The molecular formula is C36H47BrClN5O4. The Morgan fingerprint density at radius 3 is 2.28 bits per heavy atom. The van der Waals surface area contributed by atoms with Crippen LogP contribution in [0.4, 0.5) is 9.59 Å². The van der Waals surface area contributed by atoms with Crippen LogP contribution in [0.3, 0.4) is 0 Å². The third kappa shape index (κ3) is 7.90. The molecule has 0 spiro atoms. The van der Waals surface area contributed by atoms with Crippen LogP contribution >= 0.6 is 27.5 Å². The molecule has 0 radical (unpaired) electrons. The summed E-state index contributed by atoms with van der Waals surface area (Å²) in [5.41, 5.74) is 6.30. The molecule has 0 bridgehead atoms. The lowest BCUT2D eigenvalue weighted by molar-refractivity contribution is -0.134. The minimum absolute atomic E-state index is 0.0355. The zero-order valence-electron chi connectivity index (χ0n) is 27.6. The number of rotatable bonds is 5. The SMILES string of the molecule is CCOC(=O)N1CCC(NC(=O)N2CCC(CC(=O)N3CCC(C4c5ncc(C)cc5CCc5cc(Cl)cc(Br)c54)CC3)CC2)CC1. The number of pyridine rings is 1. The highest BCUT2D eigenvalue weighted by atomic mass is 79.9. The van der Waals surface area contributed by atoms with Gasteiger partial charge in [0.05, 0.1) is 12.3 Å². The van der Waals surface area contributed by atoms with Crippen molar-refractivity contribution in [3.63, 3.8) is 0 Å². The highest BCUT2D eigenvalue weighted by molar-refractivity contribution is 9.10. The first-order chi connectivity index (χ1) is 22.7. The summed E-state index contributed by atoms with van der Waals surface area (Å²) in [7, 11) is 0. The van der Waals surface area contributed by atoms with Crippen molar-refractivity contribution in [1.29, 1.82) is 0 Å². The summed E-state index contributed by atoms with van der Waals surface area (Å²) in [5.74, 6) is 1.10. The number of piperidine rings is 3. The average Bonchev–Trinajstić information content (AvgIpc) is 3.22. The van der Waals surface area contributed by atoms with Gasteiger partial charge in [0, 0.05) is 73.3 Å². The molecule has 1 aromatic carbocycles. The van der Waals surface area contributed by atoms with E-state index < -0.39 is 0 Å². The Balaban J connectivity index is 0.991. The maximum Gasteiger partial charge on any atom is 0.409 e. The Kier molecular flexibility index (Phi) is 11.0. The van der Waals surface area contributed by atoms with Crippen molar-refractivity contribution in [2.24, 2.45) is 11.8 Å². The summed E-state index contributed by atoms with van der Waals surface area (Å²) < 4.78 is 6.15. The zero-order valence-corrected chi connectivity index (χ0v) is 30.0. The minimum Gasteiger partial charge on any atom is -0.450 e. The number of carbonyl (C=O) groups excluding carboxylic acids is 3. The Morgan fingerprint density at radius 1 is 0.915 bits per heavy atom. The Hall–Kier alpha value is -2.85. The van der Waals surface area contributed by atoms with Gasteiger partial charge in [0.25, 0.3) is 0 Å². The third-order valence-electron chi connectivity index (χ3n) is 10.7. The van der Waals surface area contributed by atoms with E-state index >= 15 is 0 Å². The molecule has 2 aromatic rings. The monoisotopic (exact) mass is 727 g/mol. The topological polar surface area (TPSA) is 95.1 Å². The average molecular weight is 729 g/mol. The number of fused-ring (bicyclic) bond motifs is 2. The molecule has 4 aliphatic rings. The number of urea groups is 1. The number of nitrogens with zero attached hydrogens (tertiary/aromatic N) is 4. The fourth-order valence-electron chi connectivity index (χ4n) is 8.06. The fraction of sp³-hybridized carbons (Fsp3) is 0.611. The van der Waals surface area contributed by atoms with E-state index in [2.05, 4.69) is 45.2 Å². The number of ether oxygens (including phenoxy) is 1. The predicted octanol–water partition coefficient (Wildman–Crippen LogP) is 6.71. The van der Waals surface area contributed by atoms with Crippen molar-refractivity contribution in [3.05, 3.63) is 61.8 Å². The summed E-state index contributed by atoms with van der Waals surface area (Å²) >= 11 is 10.4. The number of likely N-dealkylation sites (tertiary alicyclic amines) is 3. The van der Waals surface area contributed by atoms with E-state index in [1.807, 2.05) is 17.2 Å². The van der Waals surface area contributed by atoms with Crippen molar-refractivity contribution in [1.82, 2.24) is 25.0 Å². The standard InChI is InChI=1S/C36H47BrClN5O4/c1-3-47-36(46)43-16-10-29(11-17-43)40-35(45)42-12-6-24(7-13-42)19-31(44)41-14-8-25(9-15-41)33-32-26(20-28(38)21-30(32)37)4-5-27-18-23(2)22-39-34(27)33/h18,20-22,24-25,29,33H,3-17,19H2,1-2H3,(H,40,45). The number of hydrogen-bond donors (Lipinski definition) is 1. The number of nitrogens with one attached hydrogen (secondary N) is 1. The lowest BCUT2D eigenvalue weighted by atomic mass is 9.76. The summed E-state index contributed by atoms with van der Waals surface area (Å²) in [6, 6.07) is 6.46. The normalized spacial score (nSPS) is 21.1. The number of aromatic nitrogens is 1. The molecule has 1 unspecified atom stereocenters. The van der Waals surface area contributed by atoms with Gasteiger partial charge < -0.3 is 24.8 Å². The number of benzene rings is 1. The number of amides is 4. The van der Waals surface area contributed by atoms with Crippen molar-refractivity contribution >= 4 is 45.6 Å². The second-order valence-corrected chi connectivity index (χ2v) is 15.0. The van der Waals surface area contributed by atoms with Gasteiger partial charge in [-0.15, -0.1) is 0 Å². The maximum absolute atomic E-state index is 13.5. The molecule has 11 heteroatoms. The second-order valence-electron chi connectivity index (χ2n) is 13.8. The van der Waals surface area contributed by atoms with Gasteiger partial charge in [-0.25, -0.2) is 9.59 Å². The molecule has 1 N–H and O–H groups in total. The smallest absolute Gasteiger partial charge is 0.409 e. The highest BCUT2D eigenvalue weighted by Gasteiger charge is 2.37. The minimum atomic E-state index is -0.277. The van der Waals surface area contributed by atoms with E-state index in [1.54, 1.807) is 11.8 Å². The molecule has 0 saturated carbocycles. The van der Waals surface area contributed by atoms with Crippen molar-refractivity contribution in [3.8, 4) is 0 Å². The molecule has 1 aliphatic carbocycles. The van der Waals surface area contributed by atoms with E-state index in [1.165, 1.54) is 27.9 Å². The molecule has 1 atom stereocenters. The first-order valence-electron chi connectivity index (χ1n) is 17.4. The molecule has 3 aliphatic heterocycles. The summed E-state index contributed by atoms with van der Waals surface area (Å²) in [5, 5.41) is 3.92. The molecule has 4 heterocycles. The van der Waals surface area contributed by atoms with Crippen LogP contribution in [0.2, 0.25) is 5.02 Å². The second kappa shape index (κ2) is 15.1. The fourth-order valence-corrected chi connectivity index (χ4v) is 9.18. The molecule has 254 valence electrons. The summed E-state index contributed by atoms with van der Waals surface area (Å²) in [4.78, 5) is 49.1. The van der Waals surface area contributed by atoms with Gasteiger partial charge in [-0.3, -0.25) is 9.78 Å². The van der Waals surface area contributed by atoms with Crippen LogP contribution in [0.15, 0.2) is 28.9 Å². The lowest BCUT2D eigenvalue weighted by Gasteiger charge is -2.38. The highest BCUT2D eigenvalue weighted by Crippen LogP contribution is 2.46. The van der Waals surface area contributed by atoms with E-state index in [0.717, 1.165) is 74.0 Å². The largest absolute Gasteiger partial charge is 0.450 e. The zero-order chi connectivity index (χ0) is 33.1. The summed E-state index contributed by atoms with van der Waals surface area (Å²) in [6.45, 7) is 8.32. The molecule has 9 nitrogen and oxygen atoms in total. The van der Waals surface area contributed by atoms with E-state index in [-0.39, 0.29) is 30.0 Å². The first-order valence-corrected chi connectivity index (χ1v) is 18.5. The lowest BCUT2D eigenvalue weighted by Crippen LogP contribution is -2.52. The van der Waals surface area contributed by atoms with Crippen LogP contribution in [0.5, 0.6) is 0 Å². The van der Waals surface area contributed by atoms with E-state index in [9.17, 15) is 14.4 Å². The van der Waals surface area contributed by atoms with Crippen LogP contribution in [-0.4, -0.2) is 89.6 Å². The number of carbonyl (C=O) groups is 3. The Morgan fingerprint density at radius 2 is 1.57 bits per heavy atom. The first kappa shape index (κ1) is 34.0.